The summed E-state index contributed by atoms with van der Waals surface area (Å²) in [7, 11) is 0. The van der Waals surface area contributed by atoms with Gasteiger partial charge in [0.05, 0.1) is 6.54 Å². The Kier molecular flexibility index (Phi) is 4.83. The molecule has 0 aliphatic carbocycles. The summed E-state index contributed by atoms with van der Waals surface area (Å²) in [6.07, 6.45) is 3.45. The highest BCUT2D eigenvalue weighted by Gasteiger charge is 2.21. The number of aryl methyl sites for hydroxylation is 1. The second kappa shape index (κ2) is 6.83. The normalized spacial score (nSPS) is 17.5. The van der Waals surface area contributed by atoms with Gasteiger partial charge in [0.2, 0.25) is 0 Å². The van der Waals surface area contributed by atoms with Crippen molar-refractivity contribution in [2.45, 2.75) is 52.5 Å². The van der Waals surface area contributed by atoms with Crippen LogP contribution in [-0.4, -0.2) is 43.4 Å². The summed E-state index contributed by atoms with van der Waals surface area (Å²) in [6, 6.07) is 0. The van der Waals surface area contributed by atoms with Gasteiger partial charge in [-0.2, -0.15) is 5.10 Å². The van der Waals surface area contributed by atoms with Crippen LogP contribution in [0.1, 0.15) is 54.3 Å². The van der Waals surface area contributed by atoms with E-state index in [4.69, 9.17) is 0 Å². The first-order valence-corrected chi connectivity index (χ1v) is 8.84. The van der Waals surface area contributed by atoms with Crippen molar-refractivity contribution in [3.05, 3.63) is 21.7 Å². The van der Waals surface area contributed by atoms with Crippen molar-refractivity contribution in [3.8, 4) is 0 Å². The number of nitrogens with zero attached hydrogens (tertiary/aromatic N) is 5. The molecule has 2 aromatic heterocycles. The SMILES string of the molecule is Cc1nnc(CN2CCC(Cc3nc(C(C)C)n[nH]3)CC2)s1. The zero-order valence-corrected chi connectivity index (χ0v) is 14.4. The van der Waals surface area contributed by atoms with Gasteiger partial charge in [-0.15, -0.1) is 21.5 Å². The molecule has 0 radical (unpaired) electrons. The zero-order valence-electron chi connectivity index (χ0n) is 13.5. The standard InChI is InChI=1S/C15H24N6S/c1-10(2)15-16-13(18-20-15)8-12-4-6-21(7-5-12)9-14-19-17-11(3)22-14/h10,12H,4-9H2,1-3H3,(H,16,18,20). The number of aromatic amines is 1. The maximum absolute atomic E-state index is 4.60. The largest absolute Gasteiger partial charge is 0.297 e. The van der Waals surface area contributed by atoms with Gasteiger partial charge in [0.15, 0.2) is 5.82 Å². The maximum Gasteiger partial charge on any atom is 0.153 e. The molecule has 1 N–H and O–H groups in total. The molecular weight excluding hydrogens is 296 g/mol. The maximum atomic E-state index is 4.60. The lowest BCUT2D eigenvalue weighted by atomic mass is 9.93. The van der Waals surface area contributed by atoms with Crippen molar-refractivity contribution in [2.24, 2.45) is 5.92 Å². The van der Waals surface area contributed by atoms with E-state index in [1.165, 1.54) is 12.8 Å². The molecule has 0 bridgehead atoms. The lowest BCUT2D eigenvalue weighted by molar-refractivity contribution is 0.175. The van der Waals surface area contributed by atoms with Crippen LogP contribution in [0.15, 0.2) is 0 Å². The predicted octanol–water partition coefficient (Wildman–Crippen LogP) is 2.54. The molecule has 7 heteroatoms. The Labute approximate surface area is 135 Å². The Balaban J connectivity index is 1.47. The molecule has 0 unspecified atom stereocenters. The third-order valence-electron chi connectivity index (χ3n) is 4.18. The van der Waals surface area contributed by atoms with Gasteiger partial charge in [-0.1, -0.05) is 13.8 Å². The van der Waals surface area contributed by atoms with E-state index in [0.717, 1.165) is 47.7 Å². The van der Waals surface area contributed by atoms with Crippen LogP contribution in [0.2, 0.25) is 0 Å². The Morgan fingerprint density at radius 2 is 2.05 bits per heavy atom. The number of H-pyrrole nitrogens is 1. The van der Waals surface area contributed by atoms with E-state index < -0.39 is 0 Å². The lowest BCUT2D eigenvalue weighted by Crippen LogP contribution is -2.34. The molecular formula is C15H24N6S. The number of rotatable bonds is 5. The van der Waals surface area contributed by atoms with Crippen LogP contribution in [0.25, 0.3) is 0 Å². The molecule has 22 heavy (non-hydrogen) atoms. The summed E-state index contributed by atoms with van der Waals surface area (Å²) >= 11 is 1.70. The fraction of sp³-hybridized carbons (Fsp3) is 0.733. The first kappa shape index (κ1) is 15.6. The molecule has 3 heterocycles. The molecule has 0 saturated carbocycles. The van der Waals surface area contributed by atoms with Gasteiger partial charge in [0.25, 0.3) is 0 Å². The highest BCUT2D eigenvalue weighted by molar-refractivity contribution is 7.11. The van der Waals surface area contributed by atoms with E-state index in [0.29, 0.717) is 11.8 Å². The molecule has 0 spiro atoms. The Hall–Kier alpha value is -1.34. The van der Waals surface area contributed by atoms with Crippen LogP contribution in [0.4, 0.5) is 0 Å². The average molecular weight is 320 g/mol. The predicted molar refractivity (Wildman–Crippen MR) is 86.8 cm³/mol. The van der Waals surface area contributed by atoms with Gasteiger partial charge in [-0.3, -0.25) is 10.00 Å². The highest BCUT2D eigenvalue weighted by atomic mass is 32.1. The van der Waals surface area contributed by atoms with Gasteiger partial charge in [0.1, 0.15) is 15.8 Å². The average Bonchev–Trinajstić information content (AvgIpc) is 3.10. The van der Waals surface area contributed by atoms with Crippen molar-refractivity contribution in [1.29, 1.82) is 0 Å². The number of piperidine rings is 1. The first-order valence-electron chi connectivity index (χ1n) is 8.02. The van der Waals surface area contributed by atoms with Crippen molar-refractivity contribution >= 4 is 11.3 Å². The quantitative estimate of drug-likeness (QED) is 0.916. The number of hydrogen-bond acceptors (Lipinski definition) is 6. The molecule has 120 valence electrons. The number of hydrogen-bond donors (Lipinski definition) is 1. The summed E-state index contributed by atoms with van der Waals surface area (Å²) in [5, 5.41) is 17.9. The lowest BCUT2D eigenvalue weighted by Gasteiger charge is -2.30. The molecule has 6 nitrogen and oxygen atoms in total. The van der Waals surface area contributed by atoms with Gasteiger partial charge < -0.3 is 0 Å². The van der Waals surface area contributed by atoms with Gasteiger partial charge in [-0.05, 0) is 38.8 Å². The minimum absolute atomic E-state index is 0.391. The monoisotopic (exact) mass is 320 g/mol. The first-order chi connectivity index (χ1) is 10.6. The van der Waals surface area contributed by atoms with Gasteiger partial charge in [-0.25, -0.2) is 4.98 Å². The van der Waals surface area contributed by atoms with Gasteiger partial charge >= 0.3 is 0 Å². The van der Waals surface area contributed by atoms with Crippen LogP contribution in [0, 0.1) is 12.8 Å². The summed E-state index contributed by atoms with van der Waals surface area (Å²) in [5.41, 5.74) is 0. The van der Waals surface area contributed by atoms with E-state index >= 15 is 0 Å². The van der Waals surface area contributed by atoms with Crippen LogP contribution < -0.4 is 0 Å². The summed E-state index contributed by atoms with van der Waals surface area (Å²) in [6.45, 7) is 9.47. The fourth-order valence-corrected chi connectivity index (χ4v) is 3.63. The van der Waals surface area contributed by atoms with E-state index in [1.54, 1.807) is 11.3 Å². The molecule has 1 aliphatic rings. The minimum atomic E-state index is 0.391. The third-order valence-corrected chi connectivity index (χ3v) is 5.00. The smallest absolute Gasteiger partial charge is 0.153 e. The van der Waals surface area contributed by atoms with Crippen LogP contribution >= 0.6 is 11.3 Å². The van der Waals surface area contributed by atoms with Crippen LogP contribution in [-0.2, 0) is 13.0 Å². The zero-order chi connectivity index (χ0) is 15.5. The minimum Gasteiger partial charge on any atom is -0.297 e. The molecule has 1 fully saturated rings. The van der Waals surface area contributed by atoms with Crippen molar-refractivity contribution < 1.29 is 0 Å². The van der Waals surface area contributed by atoms with E-state index in [-0.39, 0.29) is 0 Å². The molecule has 1 saturated heterocycles. The molecule has 1 aliphatic heterocycles. The fourth-order valence-electron chi connectivity index (χ4n) is 2.87. The van der Waals surface area contributed by atoms with Crippen LogP contribution in [0.5, 0.6) is 0 Å². The second-order valence-corrected chi connectivity index (χ2v) is 7.70. The van der Waals surface area contributed by atoms with E-state index in [9.17, 15) is 0 Å². The van der Waals surface area contributed by atoms with Crippen LogP contribution in [0.3, 0.4) is 0 Å². The van der Waals surface area contributed by atoms with E-state index in [1.807, 2.05) is 6.92 Å². The van der Waals surface area contributed by atoms with E-state index in [2.05, 4.69) is 44.1 Å². The summed E-state index contributed by atoms with van der Waals surface area (Å²) < 4.78 is 0. The second-order valence-electron chi connectivity index (χ2n) is 6.43. The summed E-state index contributed by atoms with van der Waals surface area (Å²) in [4.78, 5) is 7.08. The van der Waals surface area contributed by atoms with Crippen molar-refractivity contribution in [1.82, 2.24) is 30.3 Å². The Bertz CT molecular complexity index is 597. The van der Waals surface area contributed by atoms with Gasteiger partial charge in [0, 0.05) is 12.3 Å². The summed E-state index contributed by atoms with van der Waals surface area (Å²) in [5.74, 6) is 3.07. The highest BCUT2D eigenvalue weighted by Crippen LogP contribution is 2.23. The Morgan fingerprint density at radius 3 is 2.64 bits per heavy atom. The van der Waals surface area contributed by atoms with Crippen molar-refractivity contribution in [2.75, 3.05) is 13.1 Å². The molecule has 0 amide bonds. The number of aromatic nitrogens is 5. The molecule has 0 aromatic carbocycles. The molecule has 0 atom stereocenters. The molecule has 3 rings (SSSR count). The number of nitrogens with one attached hydrogen (secondary N) is 1. The Morgan fingerprint density at radius 1 is 1.27 bits per heavy atom. The topological polar surface area (TPSA) is 70.6 Å². The molecule has 2 aromatic rings. The number of likely N-dealkylation sites (tertiary alicyclic amines) is 1. The van der Waals surface area contributed by atoms with Crippen molar-refractivity contribution in [3.63, 3.8) is 0 Å². The third kappa shape index (κ3) is 3.89.